The van der Waals surface area contributed by atoms with Crippen molar-refractivity contribution in [3.8, 4) is 0 Å². The van der Waals surface area contributed by atoms with Crippen molar-refractivity contribution in [2.75, 3.05) is 33.7 Å². The van der Waals surface area contributed by atoms with Crippen LogP contribution in [-0.2, 0) is 11.3 Å². The molecule has 0 unspecified atom stereocenters. The molecule has 2 N–H and O–H groups in total. The summed E-state index contributed by atoms with van der Waals surface area (Å²) in [6, 6.07) is 8.40. The Labute approximate surface area is 116 Å². The summed E-state index contributed by atoms with van der Waals surface area (Å²) in [7, 11) is 3.80. The Balaban J connectivity index is 2.39. The number of hydrogen-bond donors (Lipinski definition) is 1. The predicted octanol–water partition coefficient (Wildman–Crippen LogP) is 1.23. The first-order valence-corrected chi connectivity index (χ1v) is 6.71. The van der Waals surface area contributed by atoms with Gasteiger partial charge in [0.2, 0.25) is 5.91 Å². The molecular formula is C15H25N3O. The zero-order valence-electron chi connectivity index (χ0n) is 12.2. The minimum Gasteiger partial charge on any atom is -0.345 e. The first-order chi connectivity index (χ1) is 9.02. The fourth-order valence-corrected chi connectivity index (χ4v) is 1.87. The van der Waals surface area contributed by atoms with E-state index in [1.54, 1.807) is 4.90 Å². The summed E-state index contributed by atoms with van der Waals surface area (Å²) in [6.07, 6.45) is 0.851. The van der Waals surface area contributed by atoms with Crippen LogP contribution in [-0.4, -0.2) is 49.4 Å². The number of benzene rings is 1. The molecule has 0 saturated heterocycles. The molecule has 1 rings (SSSR count). The summed E-state index contributed by atoms with van der Waals surface area (Å²) in [5.74, 6) is 0.142. The van der Waals surface area contributed by atoms with Crippen molar-refractivity contribution in [3.63, 3.8) is 0 Å². The van der Waals surface area contributed by atoms with E-state index < -0.39 is 0 Å². The van der Waals surface area contributed by atoms with Crippen LogP contribution in [0.1, 0.15) is 17.5 Å². The predicted molar refractivity (Wildman–Crippen MR) is 78.8 cm³/mol. The molecule has 0 radical (unpaired) electrons. The van der Waals surface area contributed by atoms with Gasteiger partial charge in [-0.15, -0.1) is 0 Å². The third kappa shape index (κ3) is 5.85. The van der Waals surface area contributed by atoms with Crippen LogP contribution < -0.4 is 5.73 Å². The van der Waals surface area contributed by atoms with E-state index in [1.807, 2.05) is 19.0 Å². The van der Waals surface area contributed by atoms with Gasteiger partial charge in [-0.05, 0) is 32.5 Å². The van der Waals surface area contributed by atoms with Crippen molar-refractivity contribution < 1.29 is 4.79 Å². The molecule has 0 heterocycles. The van der Waals surface area contributed by atoms with Crippen LogP contribution >= 0.6 is 0 Å². The van der Waals surface area contributed by atoms with Gasteiger partial charge in [0.1, 0.15) is 0 Å². The molecule has 4 heteroatoms. The first kappa shape index (κ1) is 15.7. The van der Waals surface area contributed by atoms with Crippen molar-refractivity contribution in [3.05, 3.63) is 35.4 Å². The van der Waals surface area contributed by atoms with Gasteiger partial charge in [0, 0.05) is 20.1 Å². The summed E-state index contributed by atoms with van der Waals surface area (Å²) in [4.78, 5) is 15.7. The second kappa shape index (κ2) is 7.92. The van der Waals surface area contributed by atoms with Gasteiger partial charge in [-0.1, -0.05) is 29.8 Å². The number of likely N-dealkylation sites (N-methyl/N-ethyl adjacent to an activating group) is 2. The van der Waals surface area contributed by atoms with E-state index in [2.05, 4.69) is 31.2 Å². The maximum atomic E-state index is 11.9. The average molecular weight is 263 g/mol. The first-order valence-electron chi connectivity index (χ1n) is 6.71. The molecule has 4 nitrogen and oxygen atoms in total. The Bertz CT molecular complexity index is 389. The van der Waals surface area contributed by atoms with Crippen LogP contribution in [0.25, 0.3) is 0 Å². The van der Waals surface area contributed by atoms with E-state index >= 15 is 0 Å². The average Bonchev–Trinajstić information content (AvgIpc) is 2.38. The molecule has 1 aromatic carbocycles. The standard InChI is InChI=1S/C15H25N3O/c1-13-5-7-14(8-6-13)11-17(2)12-15(19)18(3)10-4-9-16/h5-8H,4,9-12,16H2,1-3H3. The molecule has 1 aromatic rings. The number of carbonyl (C=O) groups is 1. The lowest BCUT2D eigenvalue weighted by molar-refractivity contribution is -0.130. The fraction of sp³-hybridized carbons (Fsp3) is 0.533. The molecule has 0 aliphatic heterocycles. The minimum absolute atomic E-state index is 0.142. The topological polar surface area (TPSA) is 49.6 Å². The van der Waals surface area contributed by atoms with Gasteiger partial charge >= 0.3 is 0 Å². The molecule has 0 spiro atoms. The molecule has 19 heavy (non-hydrogen) atoms. The Kier molecular flexibility index (Phi) is 6.53. The summed E-state index contributed by atoms with van der Waals surface area (Å²) >= 11 is 0. The maximum absolute atomic E-state index is 11.9. The van der Waals surface area contributed by atoms with E-state index in [-0.39, 0.29) is 5.91 Å². The second-order valence-corrected chi connectivity index (χ2v) is 5.12. The zero-order valence-corrected chi connectivity index (χ0v) is 12.2. The molecule has 0 saturated carbocycles. The van der Waals surface area contributed by atoms with Gasteiger partial charge < -0.3 is 10.6 Å². The Morgan fingerprint density at radius 2 is 1.84 bits per heavy atom. The summed E-state index contributed by atoms with van der Waals surface area (Å²) in [5.41, 5.74) is 7.93. The molecule has 0 fully saturated rings. The highest BCUT2D eigenvalue weighted by Crippen LogP contribution is 2.06. The fourth-order valence-electron chi connectivity index (χ4n) is 1.87. The van der Waals surface area contributed by atoms with Crippen molar-refractivity contribution >= 4 is 5.91 Å². The summed E-state index contributed by atoms with van der Waals surface area (Å²) in [6.45, 7) is 4.65. The summed E-state index contributed by atoms with van der Waals surface area (Å²) < 4.78 is 0. The number of amides is 1. The molecule has 0 aliphatic carbocycles. The molecule has 0 aromatic heterocycles. The van der Waals surface area contributed by atoms with E-state index in [9.17, 15) is 4.79 Å². The van der Waals surface area contributed by atoms with Crippen LogP contribution in [0.3, 0.4) is 0 Å². The Morgan fingerprint density at radius 1 is 1.21 bits per heavy atom. The van der Waals surface area contributed by atoms with Crippen LogP contribution in [0.15, 0.2) is 24.3 Å². The Morgan fingerprint density at radius 3 is 2.42 bits per heavy atom. The smallest absolute Gasteiger partial charge is 0.236 e. The van der Waals surface area contributed by atoms with Crippen molar-refractivity contribution in [2.45, 2.75) is 19.9 Å². The molecule has 106 valence electrons. The highest BCUT2D eigenvalue weighted by molar-refractivity contribution is 5.77. The third-order valence-corrected chi connectivity index (χ3v) is 3.10. The highest BCUT2D eigenvalue weighted by atomic mass is 16.2. The lowest BCUT2D eigenvalue weighted by atomic mass is 10.1. The number of nitrogens with two attached hydrogens (primary N) is 1. The van der Waals surface area contributed by atoms with Gasteiger partial charge in [0.05, 0.1) is 6.54 Å². The van der Waals surface area contributed by atoms with Crippen LogP contribution in [0.4, 0.5) is 0 Å². The number of nitrogens with zero attached hydrogens (tertiary/aromatic N) is 2. The number of hydrogen-bond acceptors (Lipinski definition) is 3. The largest absolute Gasteiger partial charge is 0.345 e. The van der Waals surface area contributed by atoms with Gasteiger partial charge in [0.25, 0.3) is 0 Å². The van der Waals surface area contributed by atoms with Gasteiger partial charge in [-0.3, -0.25) is 9.69 Å². The SMILES string of the molecule is Cc1ccc(CN(C)CC(=O)N(C)CCCN)cc1. The van der Waals surface area contributed by atoms with E-state index in [0.29, 0.717) is 13.1 Å². The lowest BCUT2D eigenvalue weighted by Gasteiger charge is -2.21. The number of rotatable bonds is 7. The Hall–Kier alpha value is -1.39. The van der Waals surface area contributed by atoms with Crippen LogP contribution in [0.5, 0.6) is 0 Å². The van der Waals surface area contributed by atoms with Crippen molar-refractivity contribution in [1.82, 2.24) is 9.80 Å². The molecule has 1 amide bonds. The zero-order chi connectivity index (χ0) is 14.3. The molecule has 0 atom stereocenters. The van der Waals surface area contributed by atoms with Crippen LogP contribution in [0.2, 0.25) is 0 Å². The molecular weight excluding hydrogens is 238 g/mol. The number of aryl methyl sites for hydroxylation is 1. The van der Waals surface area contributed by atoms with E-state index in [4.69, 9.17) is 5.73 Å². The lowest BCUT2D eigenvalue weighted by Crippen LogP contribution is -2.37. The quantitative estimate of drug-likeness (QED) is 0.805. The van der Waals surface area contributed by atoms with Gasteiger partial charge in [0.15, 0.2) is 0 Å². The number of carbonyl (C=O) groups excluding carboxylic acids is 1. The molecule has 0 aliphatic rings. The van der Waals surface area contributed by atoms with Gasteiger partial charge in [-0.2, -0.15) is 0 Å². The van der Waals surface area contributed by atoms with Gasteiger partial charge in [-0.25, -0.2) is 0 Å². The second-order valence-electron chi connectivity index (χ2n) is 5.12. The minimum atomic E-state index is 0.142. The van der Waals surface area contributed by atoms with E-state index in [1.165, 1.54) is 11.1 Å². The maximum Gasteiger partial charge on any atom is 0.236 e. The van der Waals surface area contributed by atoms with E-state index in [0.717, 1.165) is 19.5 Å². The van der Waals surface area contributed by atoms with Crippen LogP contribution in [0, 0.1) is 6.92 Å². The summed E-state index contributed by atoms with van der Waals surface area (Å²) in [5, 5.41) is 0. The highest BCUT2D eigenvalue weighted by Gasteiger charge is 2.11. The normalized spacial score (nSPS) is 10.8. The van der Waals surface area contributed by atoms with Crippen molar-refractivity contribution in [1.29, 1.82) is 0 Å². The molecule has 0 bridgehead atoms. The monoisotopic (exact) mass is 263 g/mol. The third-order valence-electron chi connectivity index (χ3n) is 3.10. The van der Waals surface area contributed by atoms with Crippen molar-refractivity contribution in [2.24, 2.45) is 5.73 Å².